The normalized spacial score (nSPS) is 17.1. The molecule has 0 saturated heterocycles. The summed E-state index contributed by atoms with van der Waals surface area (Å²) in [5.74, 6) is 0.807. The van der Waals surface area contributed by atoms with Gasteiger partial charge in [-0.1, -0.05) is 24.3 Å². The van der Waals surface area contributed by atoms with Crippen molar-refractivity contribution < 1.29 is 4.74 Å². The van der Waals surface area contributed by atoms with E-state index >= 15 is 0 Å². The van der Waals surface area contributed by atoms with E-state index in [9.17, 15) is 0 Å². The molecule has 1 heterocycles. The third-order valence-electron chi connectivity index (χ3n) is 4.04. The number of anilines is 2. The highest BCUT2D eigenvalue weighted by Gasteiger charge is 2.25. The Labute approximate surface area is 120 Å². The van der Waals surface area contributed by atoms with Crippen molar-refractivity contribution >= 4 is 11.4 Å². The fraction of sp³-hybridized carbons (Fsp3) is 0.294. The van der Waals surface area contributed by atoms with E-state index in [1.807, 2.05) is 12.1 Å². The van der Waals surface area contributed by atoms with Gasteiger partial charge in [0.15, 0.2) is 0 Å². The molecule has 20 heavy (non-hydrogen) atoms. The zero-order chi connectivity index (χ0) is 14.1. The lowest BCUT2D eigenvalue weighted by molar-refractivity contribution is 0.415. The van der Waals surface area contributed by atoms with Crippen LogP contribution in [0.15, 0.2) is 42.5 Å². The Kier molecular flexibility index (Phi) is 3.26. The molecule has 3 heteroatoms. The van der Waals surface area contributed by atoms with Crippen LogP contribution in [-0.2, 0) is 13.0 Å². The van der Waals surface area contributed by atoms with E-state index in [-0.39, 0.29) is 0 Å². The van der Waals surface area contributed by atoms with E-state index in [2.05, 4.69) is 42.2 Å². The summed E-state index contributed by atoms with van der Waals surface area (Å²) < 4.78 is 5.20. The molecular weight excluding hydrogens is 248 g/mol. The van der Waals surface area contributed by atoms with E-state index in [4.69, 9.17) is 10.5 Å². The number of hydrogen-bond donors (Lipinski definition) is 1. The predicted octanol–water partition coefficient (Wildman–Crippen LogP) is 3.23. The summed E-state index contributed by atoms with van der Waals surface area (Å²) in [6, 6.07) is 15.0. The second-order valence-corrected chi connectivity index (χ2v) is 5.37. The second-order valence-electron chi connectivity index (χ2n) is 5.37. The summed E-state index contributed by atoms with van der Waals surface area (Å²) in [5, 5.41) is 0. The number of nitrogens with two attached hydrogens (primary N) is 1. The maximum absolute atomic E-state index is 6.13. The number of methoxy groups -OCH3 is 1. The number of nitrogens with zero attached hydrogens (tertiary/aromatic N) is 1. The minimum atomic E-state index is 0.508. The van der Waals surface area contributed by atoms with Gasteiger partial charge in [0, 0.05) is 30.0 Å². The Bertz CT molecular complexity index is 624. The molecule has 104 valence electrons. The van der Waals surface area contributed by atoms with Crippen molar-refractivity contribution in [2.45, 2.75) is 25.9 Å². The van der Waals surface area contributed by atoms with Gasteiger partial charge in [0.1, 0.15) is 5.75 Å². The highest BCUT2D eigenvalue weighted by atomic mass is 16.5. The Hall–Kier alpha value is -2.16. The fourth-order valence-electron chi connectivity index (χ4n) is 2.90. The second kappa shape index (κ2) is 5.08. The fourth-order valence-corrected chi connectivity index (χ4v) is 2.90. The highest BCUT2D eigenvalue weighted by molar-refractivity contribution is 5.61. The lowest BCUT2D eigenvalue weighted by Gasteiger charge is -2.25. The Morgan fingerprint density at radius 2 is 2.05 bits per heavy atom. The zero-order valence-corrected chi connectivity index (χ0v) is 12.0. The van der Waals surface area contributed by atoms with Crippen molar-refractivity contribution in [3.63, 3.8) is 0 Å². The molecule has 0 bridgehead atoms. The van der Waals surface area contributed by atoms with Crippen molar-refractivity contribution in [2.24, 2.45) is 0 Å². The third kappa shape index (κ3) is 2.20. The quantitative estimate of drug-likeness (QED) is 0.869. The number of nitrogen functional groups attached to an aromatic ring is 1. The molecule has 2 N–H and O–H groups in total. The van der Waals surface area contributed by atoms with Crippen LogP contribution in [-0.4, -0.2) is 13.2 Å². The van der Waals surface area contributed by atoms with Gasteiger partial charge in [-0.05, 0) is 36.6 Å². The molecule has 3 nitrogen and oxygen atoms in total. The highest BCUT2D eigenvalue weighted by Crippen LogP contribution is 2.34. The van der Waals surface area contributed by atoms with Crippen molar-refractivity contribution in [3.05, 3.63) is 53.6 Å². The molecule has 3 rings (SSSR count). The maximum atomic E-state index is 6.13. The summed E-state index contributed by atoms with van der Waals surface area (Å²) >= 11 is 0. The van der Waals surface area contributed by atoms with E-state index in [1.54, 1.807) is 7.11 Å². The van der Waals surface area contributed by atoms with Crippen LogP contribution >= 0.6 is 0 Å². The molecular formula is C17H20N2O. The van der Waals surface area contributed by atoms with Gasteiger partial charge in [-0.25, -0.2) is 0 Å². The minimum absolute atomic E-state index is 0.508. The van der Waals surface area contributed by atoms with E-state index in [1.165, 1.54) is 11.3 Å². The molecule has 0 amide bonds. The Balaban J connectivity index is 1.88. The molecule has 0 saturated carbocycles. The summed E-state index contributed by atoms with van der Waals surface area (Å²) in [6.45, 7) is 3.10. The van der Waals surface area contributed by atoms with Crippen molar-refractivity contribution in [2.75, 3.05) is 17.7 Å². The first kappa shape index (κ1) is 12.9. The third-order valence-corrected chi connectivity index (χ3v) is 4.04. The van der Waals surface area contributed by atoms with Crippen LogP contribution in [0.1, 0.15) is 18.1 Å². The minimum Gasteiger partial charge on any atom is -0.497 e. The number of fused-ring (bicyclic) bond motifs is 1. The van der Waals surface area contributed by atoms with E-state index in [0.717, 1.165) is 30.0 Å². The van der Waals surface area contributed by atoms with Gasteiger partial charge in [0.25, 0.3) is 0 Å². The van der Waals surface area contributed by atoms with Gasteiger partial charge < -0.3 is 15.4 Å². The topological polar surface area (TPSA) is 38.5 Å². The number of benzene rings is 2. The first-order valence-electron chi connectivity index (χ1n) is 6.96. The van der Waals surface area contributed by atoms with Crippen LogP contribution in [0.5, 0.6) is 5.75 Å². The maximum Gasteiger partial charge on any atom is 0.120 e. The van der Waals surface area contributed by atoms with Crippen molar-refractivity contribution in [1.29, 1.82) is 0 Å². The van der Waals surface area contributed by atoms with Crippen molar-refractivity contribution in [1.82, 2.24) is 0 Å². The van der Waals surface area contributed by atoms with Crippen molar-refractivity contribution in [3.8, 4) is 5.75 Å². The summed E-state index contributed by atoms with van der Waals surface area (Å²) in [7, 11) is 1.66. The van der Waals surface area contributed by atoms with Crippen LogP contribution in [0, 0.1) is 0 Å². The smallest absolute Gasteiger partial charge is 0.120 e. The molecule has 1 unspecified atom stereocenters. The van der Waals surface area contributed by atoms with Gasteiger partial charge in [-0.2, -0.15) is 0 Å². The van der Waals surface area contributed by atoms with Crippen LogP contribution < -0.4 is 15.4 Å². The molecule has 1 aliphatic heterocycles. The average molecular weight is 268 g/mol. The summed E-state index contributed by atoms with van der Waals surface area (Å²) in [4.78, 5) is 2.42. The first-order chi connectivity index (χ1) is 9.69. The Morgan fingerprint density at radius 1 is 1.25 bits per heavy atom. The molecule has 0 aliphatic carbocycles. The molecule has 1 atom stereocenters. The molecule has 2 aromatic carbocycles. The van der Waals surface area contributed by atoms with Gasteiger partial charge in [-0.15, -0.1) is 0 Å². The van der Waals surface area contributed by atoms with Gasteiger partial charge in [-0.3, -0.25) is 0 Å². The average Bonchev–Trinajstić information content (AvgIpc) is 2.77. The molecule has 0 aromatic heterocycles. The molecule has 0 spiro atoms. The standard InChI is InChI=1S/C17H20N2O/c1-12-9-13-5-3-4-6-17(13)19(12)11-14-7-8-15(20-2)10-16(14)18/h3-8,10,12H,9,11,18H2,1-2H3. The molecule has 0 radical (unpaired) electrons. The zero-order valence-electron chi connectivity index (χ0n) is 12.0. The summed E-state index contributed by atoms with van der Waals surface area (Å²) in [5.41, 5.74) is 10.8. The van der Waals surface area contributed by atoms with E-state index in [0.29, 0.717) is 6.04 Å². The lowest BCUT2D eigenvalue weighted by atomic mass is 10.1. The molecule has 1 aliphatic rings. The largest absolute Gasteiger partial charge is 0.497 e. The van der Waals surface area contributed by atoms with Gasteiger partial charge in [0.05, 0.1) is 7.11 Å². The summed E-state index contributed by atoms with van der Waals surface area (Å²) in [6.07, 6.45) is 1.10. The molecule has 0 fully saturated rings. The van der Waals surface area contributed by atoms with Crippen LogP contribution in [0.3, 0.4) is 0 Å². The monoisotopic (exact) mass is 268 g/mol. The Morgan fingerprint density at radius 3 is 2.80 bits per heavy atom. The first-order valence-corrected chi connectivity index (χ1v) is 6.96. The number of ether oxygens (including phenoxy) is 1. The van der Waals surface area contributed by atoms with Gasteiger partial charge >= 0.3 is 0 Å². The van der Waals surface area contributed by atoms with Crippen LogP contribution in [0.4, 0.5) is 11.4 Å². The van der Waals surface area contributed by atoms with Crippen LogP contribution in [0.2, 0.25) is 0 Å². The van der Waals surface area contributed by atoms with E-state index < -0.39 is 0 Å². The van der Waals surface area contributed by atoms with Gasteiger partial charge in [0.2, 0.25) is 0 Å². The number of para-hydroxylation sites is 1. The predicted molar refractivity (Wildman–Crippen MR) is 83.2 cm³/mol. The number of hydrogen-bond acceptors (Lipinski definition) is 3. The number of rotatable bonds is 3. The van der Waals surface area contributed by atoms with Crippen LogP contribution in [0.25, 0.3) is 0 Å². The lowest BCUT2D eigenvalue weighted by Crippen LogP contribution is -2.28. The SMILES string of the molecule is COc1ccc(CN2c3ccccc3CC2C)c(N)c1. The molecule has 2 aromatic rings.